The number of hydrogen-bond donors (Lipinski definition) is 2. The highest BCUT2D eigenvalue weighted by molar-refractivity contribution is 7.71. The summed E-state index contributed by atoms with van der Waals surface area (Å²) >= 11 is 5.47. The van der Waals surface area contributed by atoms with Crippen molar-refractivity contribution in [3.63, 3.8) is 0 Å². The Morgan fingerprint density at radius 3 is 2.79 bits per heavy atom. The number of aromatic amines is 1. The molecule has 0 radical (unpaired) electrons. The summed E-state index contributed by atoms with van der Waals surface area (Å²) in [5, 5.41) is 3.43. The van der Waals surface area contributed by atoms with E-state index in [1.54, 1.807) is 0 Å². The largest absolute Gasteiger partial charge is 0.358 e. The van der Waals surface area contributed by atoms with Gasteiger partial charge in [0.05, 0.1) is 17.9 Å². The maximum absolute atomic E-state index is 12.5. The summed E-state index contributed by atoms with van der Waals surface area (Å²) in [5.41, 5.74) is 4.02. The van der Waals surface area contributed by atoms with Crippen molar-refractivity contribution >= 4 is 18.0 Å². The Labute approximate surface area is 147 Å². The predicted molar refractivity (Wildman–Crippen MR) is 100 cm³/mol. The second-order valence-corrected chi connectivity index (χ2v) is 6.87. The van der Waals surface area contributed by atoms with Gasteiger partial charge in [0, 0.05) is 12.6 Å². The van der Waals surface area contributed by atoms with Crippen LogP contribution in [0.5, 0.6) is 0 Å². The van der Waals surface area contributed by atoms with Gasteiger partial charge in [0.15, 0.2) is 4.77 Å². The van der Waals surface area contributed by atoms with E-state index in [2.05, 4.69) is 49.0 Å². The van der Waals surface area contributed by atoms with Crippen LogP contribution in [0.25, 0.3) is 5.69 Å². The predicted octanol–water partition coefficient (Wildman–Crippen LogP) is 3.50. The number of rotatable bonds is 3. The van der Waals surface area contributed by atoms with Gasteiger partial charge in [0.2, 0.25) is 0 Å². The van der Waals surface area contributed by atoms with E-state index in [1.165, 1.54) is 5.56 Å². The molecule has 0 saturated carbocycles. The van der Waals surface area contributed by atoms with Crippen LogP contribution in [0.3, 0.4) is 0 Å². The second kappa shape index (κ2) is 6.53. The number of fused-ring (bicyclic) bond motifs is 1. The number of benzene rings is 1. The number of hydrogen-bond acceptors (Lipinski definition) is 4. The Morgan fingerprint density at radius 2 is 2.08 bits per heavy atom. The first-order valence-corrected chi connectivity index (χ1v) is 8.77. The van der Waals surface area contributed by atoms with Crippen LogP contribution in [0, 0.1) is 18.6 Å². The lowest BCUT2D eigenvalue weighted by molar-refractivity contribution is 0.200. The number of aryl methyl sites for hydroxylation is 1. The molecule has 1 aromatic carbocycles. The molecule has 5 nitrogen and oxygen atoms in total. The molecule has 2 aromatic rings. The van der Waals surface area contributed by atoms with Gasteiger partial charge in [-0.25, -0.2) is 0 Å². The Balaban J connectivity index is 2.19. The van der Waals surface area contributed by atoms with E-state index >= 15 is 0 Å². The Bertz CT molecular complexity index is 884. The summed E-state index contributed by atoms with van der Waals surface area (Å²) < 4.78 is 2.39. The molecule has 24 heavy (non-hydrogen) atoms. The van der Waals surface area contributed by atoms with Gasteiger partial charge in [-0.05, 0) is 56.6 Å². The van der Waals surface area contributed by atoms with Gasteiger partial charge in [-0.2, -0.15) is 0 Å². The fourth-order valence-corrected chi connectivity index (χ4v) is 3.40. The molecule has 0 saturated heterocycles. The highest BCUT2D eigenvalue weighted by atomic mass is 32.1. The third kappa shape index (κ3) is 2.80. The van der Waals surface area contributed by atoms with Crippen LogP contribution in [-0.4, -0.2) is 27.2 Å². The van der Waals surface area contributed by atoms with Crippen molar-refractivity contribution < 1.29 is 0 Å². The van der Waals surface area contributed by atoms with Crippen molar-refractivity contribution in [1.29, 1.82) is 0 Å². The molecular formula is C18H24N4OS. The molecule has 0 amide bonds. The first-order chi connectivity index (χ1) is 11.4. The molecule has 1 atom stereocenters. The average molecular weight is 344 g/mol. The summed E-state index contributed by atoms with van der Waals surface area (Å²) in [6.07, 6.45) is 1.05. The van der Waals surface area contributed by atoms with E-state index in [1.807, 2.05) is 16.7 Å². The van der Waals surface area contributed by atoms with Gasteiger partial charge in [-0.3, -0.25) is 19.2 Å². The van der Waals surface area contributed by atoms with Crippen LogP contribution in [0.2, 0.25) is 0 Å². The Hall–Kier alpha value is -1.92. The van der Waals surface area contributed by atoms with Crippen molar-refractivity contribution in [3.8, 4) is 5.69 Å². The highest BCUT2D eigenvalue weighted by Crippen LogP contribution is 2.27. The molecule has 1 aromatic heterocycles. The standard InChI is InChI=1S/C18H24N4OS/c1-5-12(3)21-9-14-16(19-10-21)22(18(24)20-17(14)23)15-8-6-7-11(2)13(15)4/h6-8,12,19H,5,9-10H2,1-4H3,(H,20,23,24)/t12-/m0/s1. The Kier molecular flexibility index (Phi) is 4.60. The van der Waals surface area contributed by atoms with Gasteiger partial charge in [-0.15, -0.1) is 0 Å². The zero-order valence-corrected chi connectivity index (χ0v) is 15.5. The molecular weight excluding hydrogens is 320 g/mol. The third-order valence-electron chi connectivity index (χ3n) is 5.05. The number of anilines is 1. The average Bonchev–Trinajstić information content (AvgIpc) is 2.57. The minimum Gasteiger partial charge on any atom is -0.358 e. The van der Waals surface area contributed by atoms with E-state index in [0.717, 1.165) is 29.1 Å². The van der Waals surface area contributed by atoms with Gasteiger partial charge in [-0.1, -0.05) is 19.1 Å². The lowest BCUT2D eigenvalue weighted by Gasteiger charge is -2.34. The number of H-pyrrole nitrogens is 1. The smallest absolute Gasteiger partial charge is 0.258 e. The number of aromatic nitrogens is 2. The van der Waals surface area contributed by atoms with Crippen LogP contribution in [0.4, 0.5) is 5.82 Å². The maximum Gasteiger partial charge on any atom is 0.258 e. The van der Waals surface area contributed by atoms with Crippen molar-refractivity contribution in [3.05, 3.63) is 50.0 Å². The first kappa shape index (κ1) is 16.9. The van der Waals surface area contributed by atoms with E-state index in [0.29, 0.717) is 24.0 Å². The molecule has 0 bridgehead atoms. The number of nitrogens with one attached hydrogen (secondary N) is 2. The second-order valence-electron chi connectivity index (χ2n) is 6.48. The van der Waals surface area contributed by atoms with Gasteiger partial charge < -0.3 is 5.32 Å². The molecule has 3 rings (SSSR count). The van der Waals surface area contributed by atoms with Gasteiger partial charge in [0.1, 0.15) is 5.82 Å². The van der Waals surface area contributed by atoms with Crippen LogP contribution in [0.15, 0.2) is 23.0 Å². The van der Waals surface area contributed by atoms with Crippen LogP contribution < -0.4 is 10.9 Å². The molecule has 0 unspecified atom stereocenters. The van der Waals surface area contributed by atoms with Crippen LogP contribution in [0.1, 0.15) is 37.0 Å². The van der Waals surface area contributed by atoms with E-state index in [4.69, 9.17) is 12.2 Å². The first-order valence-electron chi connectivity index (χ1n) is 8.36. The van der Waals surface area contributed by atoms with Crippen molar-refractivity contribution in [2.75, 3.05) is 12.0 Å². The minimum atomic E-state index is -0.0999. The molecule has 128 valence electrons. The topological polar surface area (TPSA) is 53.1 Å². The summed E-state index contributed by atoms with van der Waals surface area (Å²) in [4.78, 5) is 17.6. The van der Waals surface area contributed by atoms with E-state index < -0.39 is 0 Å². The molecule has 2 N–H and O–H groups in total. The fraction of sp³-hybridized carbons (Fsp3) is 0.444. The normalized spacial score (nSPS) is 15.7. The molecule has 6 heteroatoms. The zero-order chi connectivity index (χ0) is 17.4. The summed E-state index contributed by atoms with van der Waals surface area (Å²) in [6.45, 7) is 9.85. The van der Waals surface area contributed by atoms with Crippen molar-refractivity contribution in [2.45, 2.75) is 46.7 Å². The summed E-state index contributed by atoms with van der Waals surface area (Å²) in [5.74, 6) is 0.817. The van der Waals surface area contributed by atoms with Crippen LogP contribution >= 0.6 is 12.2 Å². The van der Waals surface area contributed by atoms with Crippen molar-refractivity contribution in [1.82, 2.24) is 14.5 Å². The van der Waals surface area contributed by atoms with E-state index in [9.17, 15) is 4.79 Å². The Morgan fingerprint density at radius 1 is 1.33 bits per heavy atom. The quantitative estimate of drug-likeness (QED) is 0.837. The van der Waals surface area contributed by atoms with Crippen molar-refractivity contribution in [2.24, 2.45) is 0 Å². The summed E-state index contributed by atoms with van der Waals surface area (Å²) in [6, 6.07) is 6.56. The highest BCUT2D eigenvalue weighted by Gasteiger charge is 2.25. The SMILES string of the molecule is CC[C@H](C)N1CNc2c(c(=O)[nH]c(=S)n2-c2cccc(C)c2C)C1. The third-order valence-corrected chi connectivity index (χ3v) is 5.33. The molecule has 0 fully saturated rings. The molecule has 0 aliphatic carbocycles. The molecule has 0 spiro atoms. The van der Waals surface area contributed by atoms with Gasteiger partial charge in [0.25, 0.3) is 5.56 Å². The van der Waals surface area contributed by atoms with Gasteiger partial charge >= 0.3 is 0 Å². The maximum atomic E-state index is 12.5. The lowest BCUT2D eigenvalue weighted by atomic mass is 10.1. The molecule has 1 aliphatic heterocycles. The monoisotopic (exact) mass is 344 g/mol. The lowest BCUT2D eigenvalue weighted by Crippen LogP contribution is -2.43. The zero-order valence-electron chi connectivity index (χ0n) is 14.6. The van der Waals surface area contributed by atoms with E-state index in [-0.39, 0.29) is 5.56 Å². The minimum absolute atomic E-state index is 0.0999. The molecule has 2 heterocycles. The number of nitrogens with zero attached hydrogens (tertiary/aromatic N) is 2. The molecule has 1 aliphatic rings. The summed E-state index contributed by atoms with van der Waals surface area (Å²) in [7, 11) is 0. The van der Waals surface area contributed by atoms with Crippen LogP contribution in [-0.2, 0) is 6.54 Å². The fourth-order valence-electron chi connectivity index (χ4n) is 3.12.